The van der Waals surface area contributed by atoms with Crippen molar-refractivity contribution in [2.45, 2.75) is 13.3 Å². The van der Waals surface area contributed by atoms with Gasteiger partial charge in [0.25, 0.3) is 0 Å². The molecule has 1 aromatic carbocycles. The van der Waals surface area contributed by atoms with Gasteiger partial charge in [0.1, 0.15) is 6.07 Å². The maximum absolute atomic E-state index is 9.29. The molecule has 0 aliphatic rings. The van der Waals surface area contributed by atoms with Gasteiger partial charge in [-0.05, 0) is 23.6 Å². The summed E-state index contributed by atoms with van der Waals surface area (Å²) in [5.74, 6) is 0. The zero-order valence-corrected chi connectivity index (χ0v) is 11.4. The Morgan fingerprint density at radius 3 is 2.47 bits per heavy atom. The van der Waals surface area contributed by atoms with Crippen molar-refractivity contribution in [2.24, 2.45) is 0 Å². The van der Waals surface area contributed by atoms with Crippen LogP contribution in [-0.2, 0) is 6.42 Å². The van der Waals surface area contributed by atoms with Gasteiger partial charge >= 0.3 is 0 Å². The first kappa shape index (κ1) is 13.3. The van der Waals surface area contributed by atoms with Crippen LogP contribution in [0.2, 0.25) is 0 Å². The Balaban J connectivity index is 2.46. The van der Waals surface area contributed by atoms with Crippen LogP contribution in [0.15, 0.2) is 48.8 Å². The molecule has 2 nitrogen and oxygen atoms in total. The molecule has 0 N–H and O–H groups in total. The molecule has 0 aliphatic heterocycles. The second-order valence-electron chi connectivity index (χ2n) is 4.09. The van der Waals surface area contributed by atoms with Crippen molar-refractivity contribution in [3.63, 3.8) is 0 Å². The molecule has 1 aromatic heterocycles. The number of aryl methyl sites for hydroxylation is 1. The molecule has 0 atom stereocenters. The zero-order chi connectivity index (χ0) is 13.7. The fourth-order valence-electron chi connectivity index (χ4n) is 1.78. The summed E-state index contributed by atoms with van der Waals surface area (Å²) in [5.41, 5.74) is 3.26. The van der Waals surface area contributed by atoms with Crippen molar-refractivity contribution in [3.05, 3.63) is 65.5 Å². The number of hydrogen-bond donors (Lipinski definition) is 0. The van der Waals surface area contributed by atoms with Crippen LogP contribution in [-0.4, -0.2) is 4.98 Å². The summed E-state index contributed by atoms with van der Waals surface area (Å²) >= 11 is 6.33. The summed E-state index contributed by atoms with van der Waals surface area (Å²) in [7, 11) is 0. The van der Waals surface area contributed by atoms with Gasteiger partial charge in [0.05, 0.1) is 10.6 Å². The minimum absolute atomic E-state index is 0.444. The van der Waals surface area contributed by atoms with Crippen LogP contribution in [0, 0.1) is 11.3 Å². The van der Waals surface area contributed by atoms with Crippen LogP contribution in [0.3, 0.4) is 0 Å². The highest BCUT2D eigenvalue weighted by Gasteiger charge is 2.09. The molecule has 3 heteroatoms. The van der Waals surface area contributed by atoms with E-state index in [4.69, 9.17) is 11.6 Å². The molecular weight excluding hydrogens is 256 g/mol. The SMILES string of the molecule is CCc1ccc(/C(Cl)=C(/C#N)c2cccnc2)cc1. The summed E-state index contributed by atoms with van der Waals surface area (Å²) in [4.78, 5) is 4.01. The molecule has 0 saturated heterocycles. The quantitative estimate of drug-likeness (QED) is 0.779. The number of rotatable bonds is 3. The summed E-state index contributed by atoms with van der Waals surface area (Å²) < 4.78 is 0. The number of aromatic nitrogens is 1. The van der Waals surface area contributed by atoms with Crippen LogP contribution in [0.5, 0.6) is 0 Å². The molecule has 0 unspecified atom stereocenters. The maximum atomic E-state index is 9.29. The van der Waals surface area contributed by atoms with Crippen molar-refractivity contribution in [2.75, 3.05) is 0 Å². The number of hydrogen-bond acceptors (Lipinski definition) is 2. The lowest BCUT2D eigenvalue weighted by Crippen LogP contribution is -1.88. The number of pyridine rings is 1. The van der Waals surface area contributed by atoms with Gasteiger partial charge < -0.3 is 0 Å². The monoisotopic (exact) mass is 268 g/mol. The highest BCUT2D eigenvalue weighted by molar-refractivity contribution is 6.53. The van der Waals surface area contributed by atoms with E-state index in [2.05, 4.69) is 18.0 Å². The van der Waals surface area contributed by atoms with E-state index < -0.39 is 0 Å². The Morgan fingerprint density at radius 1 is 1.21 bits per heavy atom. The van der Waals surface area contributed by atoms with Crippen molar-refractivity contribution >= 4 is 22.2 Å². The minimum atomic E-state index is 0.444. The Morgan fingerprint density at radius 2 is 1.95 bits per heavy atom. The van der Waals surface area contributed by atoms with E-state index >= 15 is 0 Å². The van der Waals surface area contributed by atoms with Gasteiger partial charge in [-0.1, -0.05) is 48.9 Å². The molecular formula is C16H13ClN2. The van der Waals surface area contributed by atoms with Crippen LogP contribution in [0.25, 0.3) is 10.6 Å². The van der Waals surface area contributed by atoms with Crippen LogP contribution in [0.4, 0.5) is 0 Å². The van der Waals surface area contributed by atoms with E-state index in [1.165, 1.54) is 5.56 Å². The van der Waals surface area contributed by atoms with Crippen molar-refractivity contribution < 1.29 is 0 Å². The highest BCUT2D eigenvalue weighted by Crippen LogP contribution is 2.29. The predicted octanol–water partition coefficient (Wildman–Crippen LogP) is 4.27. The average Bonchev–Trinajstić information content (AvgIpc) is 2.49. The van der Waals surface area contributed by atoms with Gasteiger partial charge in [0, 0.05) is 18.0 Å². The van der Waals surface area contributed by atoms with Crippen molar-refractivity contribution in [1.82, 2.24) is 4.98 Å². The second kappa shape index (κ2) is 6.17. The number of benzene rings is 1. The fourth-order valence-corrected chi connectivity index (χ4v) is 2.06. The second-order valence-corrected chi connectivity index (χ2v) is 4.47. The van der Waals surface area contributed by atoms with E-state index in [1.807, 2.05) is 30.3 Å². The van der Waals surface area contributed by atoms with Gasteiger partial charge in [0.15, 0.2) is 0 Å². The Labute approximate surface area is 118 Å². The molecule has 94 valence electrons. The van der Waals surface area contributed by atoms with Gasteiger partial charge in [-0.2, -0.15) is 5.26 Å². The molecule has 1 heterocycles. The molecule has 0 saturated carbocycles. The Hall–Kier alpha value is -2.11. The third kappa shape index (κ3) is 3.01. The van der Waals surface area contributed by atoms with E-state index in [9.17, 15) is 5.26 Å². The van der Waals surface area contributed by atoms with Gasteiger partial charge in [-0.25, -0.2) is 0 Å². The highest BCUT2D eigenvalue weighted by atomic mass is 35.5. The first-order chi connectivity index (χ1) is 9.26. The lowest BCUT2D eigenvalue weighted by atomic mass is 10.0. The molecule has 0 spiro atoms. The van der Waals surface area contributed by atoms with E-state index in [-0.39, 0.29) is 0 Å². The lowest BCUT2D eigenvalue weighted by molar-refractivity contribution is 1.14. The van der Waals surface area contributed by atoms with Crippen LogP contribution < -0.4 is 0 Å². The number of halogens is 1. The Kier molecular flexibility index (Phi) is 4.33. The zero-order valence-electron chi connectivity index (χ0n) is 10.6. The molecule has 0 fully saturated rings. The maximum Gasteiger partial charge on any atom is 0.101 e. The fraction of sp³-hybridized carbons (Fsp3) is 0.125. The van der Waals surface area contributed by atoms with Crippen LogP contribution >= 0.6 is 11.6 Å². The van der Waals surface area contributed by atoms with Gasteiger partial charge in [-0.15, -0.1) is 0 Å². The molecule has 0 aliphatic carbocycles. The van der Waals surface area contributed by atoms with Crippen molar-refractivity contribution in [1.29, 1.82) is 5.26 Å². The summed E-state index contributed by atoms with van der Waals surface area (Å²) in [6.07, 6.45) is 4.29. The molecule has 19 heavy (non-hydrogen) atoms. The largest absolute Gasteiger partial charge is 0.264 e. The van der Waals surface area contributed by atoms with Gasteiger partial charge in [-0.3, -0.25) is 4.98 Å². The minimum Gasteiger partial charge on any atom is -0.264 e. The smallest absolute Gasteiger partial charge is 0.101 e. The third-order valence-corrected chi connectivity index (χ3v) is 3.30. The number of allylic oxidation sites excluding steroid dienone is 1. The van der Waals surface area contributed by atoms with E-state index in [1.54, 1.807) is 18.5 Å². The van der Waals surface area contributed by atoms with E-state index in [0.717, 1.165) is 17.5 Å². The lowest BCUT2D eigenvalue weighted by Gasteiger charge is -2.05. The molecule has 2 aromatic rings. The topological polar surface area (TPSA) is 36.7 Å². The standard InChI is InChI=1S/C16H13ClN2/c1-2-12-5-7-13(8-6-12)16(17)15(10-18)14-4-3-9-19-11-14/h3-9,11H,2H2,1H3/b16-15+. The number of nitriles is 1. The summed E-state index contributed by atoms with van der Waals surface area (Å²) in [6, 6.07) is 13.7. The first-order valence-corrected chi connectivity index (χ1v) is 6.43. The normalized spacial score (nSPS) is 11.6. The summed E-state index contributed by atoms with van der Waals surface area (Å²) in [6.45, 7) is 2.10. The van der Waals surface area contributed by atoms with Gasteiger partial charge in [0.2, 0.25) is 0 Å². The third-order valence-electron chi connectivity index (χ3n) is 2.90. The predicted molar refractivity (Wildman–Crippen MR) is 78.3 cm³/mol. The molecule has 0 bridgehead atoms. The van der Waals surface area contributed by atoms with Crippen molar-refractivity contribution in [3.8, 4) is 6.07 Å². The molecule has 2 rings (SSSR count). The first-order valence-electron chi connectivity index (χ1n) is 6.06. The van der Waals surface area contributed by atoms with E-state index in [0.29, 0.717) is 10.6 Å². The molecule has 0 radical (unpaired) electrons. The number of nitrogens with zero attached hydrogens (tertiary/aromatic N) is 2. The average molecular weight is 269 g/mol. The Bertz CT molecular complexity index is 622. The molecule has 0 amide bonds. The van der Waals surface area contributed by atoms with Crippen LogP contribution in [0.1, 0.15) is 23.6 Å². The summed E-state index contributed by atoms with van der Waals surface area (Å²) in [5, 5.41) is 9.75.